The Labute approximate surface area is 132 Å². The third-order valence-corrected chi connectivity index (χ3v) is 3.99. The van der Waals surface area contributed by atoms with Crippen molar-refractivity contribution in [3.05, 3.63) is 41.2 Å². The van der Waals surface area contributed by atoms with E-state index < -0.39 is 34.5 Å². The highest BCUT2D eigenvalue weighted by Crippen LogP contribution is 2.39. The van der Waals surface area contributed by atoms with Gasteiger partial charge in [0.05, 0.1) is 16.6 Å². The van der Waals surface area contributed by atoms with Gasteiger partial charge in [-0.1, -0.05) is 12.2 Å². The molecule has 1 atom stereocenters. The predicted molar refractivity (Wildman–Crippen MR) is 75.1 cm³/mol. The van der Waals surface area contributed by atoms with Gasteiger partial charge in [0, 0.05) is 12.0 Å². The van der Waals surface area contributed by atoms with Gasteiger partial charge >= 0.3 is 12.4 Å². The third-order valence-electron chi connectivity index (χ3n) is 3.99. The van der Waals surface area contributed by atoms with E-state index in [1.165, 1.54) is 0 Å². The van der Waals surface area contributed by atoms with Crippen LogP contribution in [0.15, 0.2) is 24.3 Å². The first kappa shape index (κ1) is 16.8. The fourth-order valence-electron chi connectivity index (χ4n) is 2.84. The molecule has 3 rings (SSSR count). The molecule has 1 aromatic heterocycles. The third kappa shape index (κ3) is 3.12. The summed E-state index contributed by atoms with van der Waals surface area (Å²) in [7, 11) is 0. The molecule has 1 aromatic carbocycles. The van der Waals surface area contributed by atoms with Gasteiger partial charge in [0.15, 0.2) is 0 Å². The molecule has 2 aromatic rings. The van der Waals surface area contributed by atoms with E-state index >= 15 is 0 Å². The molecule has 3 nitrogen and oxygen atoms in total. The number of imidazole rings is 1. The summed E-state index contributed by atoms with van der Waals surface area (Å²) in [6.45, 7) is 0. The van der Waals surface area contributed by atoms with Gasteiger partial charge in [0.1, 0.15) is 11.3 Å². The Hall–Kier alpha value is -2.03. The Morgan fingerprint density at radius 2 is 1.83 bits per heavy atom. The van der Waals surface area contributed by atoms with Crippen LogP contribution in [-0.2, 0) is 18.8 Å². The van der Waals surface area contributed by atoms with Crippen LogP contribution in [0.3, 0.4) is 0 Å². The summed E-state index contributed by atoms with van der Waals surface area (Å²) in [5.74, 6) is 0.129. The van der Waals surface area contributed by atoms with E-state index in [1.807, 2.05) is 6.08 Å². The smallest absolute Gasteiger partial charge is 0.342 e. The summed E-state index contributed by atoms with van der Waals surface area (Å²) in [5.41, 5.74) is 1.71. The minimum Gasteiger partial charge on any atom is -0.342 e. The number of H-pyrrole nitrogens is 1. The zero-order chi connectivity index (χ0) is 17.8. The lowest BCUT2D eigenvalue weighted by atomic mass is 9.96. The van der Waals surface area contributed by atoms with Gasteiger partial charge in [0.25, 0.3) is 0 Å². The normalized spacial score (nSPS) is 21.8. The van der Waals surface area contributed by atoms with Crippen LogP contribution in [0.5, 0.6) is 0 Å². The molecule has 0 bridgehead atoms. The number of alkyl halides is 6. The maximum atomic E-state index is 13.1. The van der Waals surface area contributed by atoms with Crippen molar-refractivity contribution in [3.8, 4) is 0 Å². The first-order valence-corrected chi connectivity index (χ1v) is 7.12. The summed E-state index contributed by atoms with van der Waals surface area (Å²) in [5, 5.41) is 0. The zero-order valence-electron chi connectivity index (χ0n) is 12.2. The van der Waals surface area contributed by atoms with Crippen molar-refractivity contribution < 1.29 is 26.3 Å². The molecule has 0 spiro atoms. The van der Waals surface area contributed by atoms with E-state index in [-0.39, 0.29) is 23.8 Å². The van der Waals surface area contributed by atoms with Crippen molar-refractivity contribution in [1.82, 2.24) is 9.97 Å². The van der Waals surface area contributed by atoms with E-state index in [1.54, 1.807) is 6.08 Å². The second-order valence-electron chi connectivity index (χ2n) is 5.95. The van der Waals surface area contributed by atoms with Crippen LogP contribution in [0.1, 0.15) is 29.8 Å². The largest absolute Gasteiger partial charge is 0.418 e. The van der Waals surface area contributed by atoms with E-state index in [9.17, 15) is 26.3 Å². The Kier molecular flexibility index (Phi) is 3.67. The van der Waals surface area contributed by atoms with Crippen LogP contribution in [0.2, 0.25) is 0 Å². The molecule has 0 fully saturated rings. The van der Waals surface area contributed by atoms with Crippen LogP contribution in [0.4, 0.5) is 26.3 Å². The summed E-state index contributed by atoms with van der Waals surface area (Å²) in [6.07, 6.45) is -4.77. The maximum absolute atomic E-state index is 13.1. The first-order valence-electron chi connectivity index (χ1n) is 7.12. The number of nitrogens with one attached hydrogen (secondary N) is 1. The highest BCUT2D eigenvalue weighted by molar-refractivity contribution is 5.80. The number of allylic oxidation sites excluding steroid dienone is 1. The van der Waals surface area contributed by atoms with Crippen molar-refractivity contribution >= 4 is 11.0 Å². The first-order chi connectivity index (χ1) is 11.0. The molecule has 0 saturated carbocycles. The van der Waals surface area contributed by atoms with Gasteiger partial charge in [-0.15, -0.1) is 0 Å². The fourth-order valence-corrected chi connectivity index (χ4v) is 2.84. The number of aromatic amines is 1. The molecule has 24 heavy (non-hydrogen) atoms. The van der Waals surface area contributed by atoms with Crippen LogP contribution >= 0.6 is 0 Å². The average Bonchev–Trinajstić information content (AvgIpc) is 3.01. The van der Waals surface area contributed by atoms with Gasteiger partial charge in [-0.25, -0.2) is 4.98 Å². The molecule has 9 heteroatoms. The number of fused-ring (bicyclic) bond motifs is 1. The highest BCUT2D eigenvalue weighted by atomic mass is 19.4. The Balaban J connectivity index is 2.12. The summed E-state index contributed by atoms with van der Waals surface area (Å²) in [6, 6.07) is 0.718. The zero-order valence-corrected chi connectivity index (χ0v) is 12.2. The van der Waals surface area contributed by atoms with Gasteiger partial charge in [-0.2, -0.15) is 26.3 Å². The SMILES string of the molecule is NC1(Cc2nc3c(C(F)(F)F)cc(C(F)(F)F)cc3[nH]2)C=CCC1. The van der Waals surface area contributed by atoms with Crippen LogP contribution in [0.25, 0.3) is 11.0 Å². The minimum atomic E-state index is -4.94. The quantitative estimate of drug-likeness (QED) is 0.631. The lowest BCUT2D eigenvalue weighted by Crippen LogP contribution is -2.38. The van der Waals surface area contributed by atoms with E-state index in [2.05, 4.69) is 9.97 Å². The Morgan fingerprint density at radius 3 is 2.38 bits per heavy atom. The molecule has 1 aliphatic rings. The molecule has 130 valence electrons. The van der Waals surface area contributed by atoms with E-state index in [0.717, 1.165) is 6.42 Å². The van der Waals surface area contributed by atoms with Crippen molar-refractivity contribution in [2.75, 3.05) is 0 Å². The number of halogens is 6. The lowest BCUT2D eigenvalue weighted by Gasteiger charge is -2.19. The summed E-state index contributed by atoms with van der Waals surface area (Å²) < 4.78 is 77.9. The summed E-state index contributed by atoms with van der Waals surface area (Å²) in [4.78, 5) is 6.40. The molecular weight excluding hydrogens is 336 g/mol. The van der Waals surface area contributed by atoms with Gasteiger partial charge in [-0.3, -0.25) is 0 Å². The minimum absolute atomic E-state index is 0.0840. The van der Waals surface area contributed by atoms with Crippen molar-refractivity contribution in [2.24, 2.45) is 5.73 Å². The molecule has 3 N–H and O–H groups in total. The standard InChI is InChI=1S/C15H13F6N3/c16-14(17,18)8-5-9(15(19,20)21)12-10(6-8)23-11(24-12)7-13(22)3-1-2-4-13/h1,3,5-6H,2,4,7,22H2,(H,23,24). The topological polar surface area (TPSA) is 54.7 Å². The maximum Gasteiger partial charge on any atom is 0.418 e. The lowest BCUT2D eigenvalue weighted by molar-refractivity contribution is -0.142. The molecule has 1 heterocycles. The number of nitrogens with zero attached hydrogens (tertiary/aromatic N) is 1. The molecule has 1 unspecified atom stereocenters. The second-order valence-corrected chi connectivity index (χ2v) is 5.95. The number of aromatic nitrogens is 2. The number of benzene rings is 1. The van der Waals surface area contributed by atoms with Crippen LogP contribution in [-0.4, -0.2) is 15.5 Å². The molecule has 0 amide bonds. The van der Waals surface area contributed by atoms with E-state index in [0.29, 0.717) is 12.5 Å². The van der Waals surface area contributed by atoms with Crippen molar-refractivity contribution in [3.63, 3.8) is 0 Å². The monoisotopic (exact) mass is 349 g/mol. The summed E-state index contributed by atoms with van der Waals surface area (Å²) >= 11 is 0. The number of hydrogen-bond acceptors (Lipinski definition) is 2. The Bertz CT molecular complexity index is 802. The van der Waals surface area contributed by atoms with Crippen molar-refractivity contribution in [1.29, 1.82) is 0 Å². The number of rotatable bonds is 2. The molecular formula is C15H13F6N3. The van der Waals surface area contributed by atoms with Gasteiger partial charge < -0.3 is 10.7 Å². The van der Waals surface area contributed by atoms with Gasteiger partial charge in [0.2, 0.25) is 0 Å². The van der Waals surface area contributed by atoms with E-state index in [4.69, 9.17) is 5.73 Å². The molecule has 0 saturated heterocycles. The number of nitrogens with two attached hydrogens (primary N) is 1. The second kappa shape index (κ2) is 5.23. The average molecular weight is 349 g/mol. The van der Waals surface area contributed by atoms with Gasteiger partial charge in [-0.05, 0) is 25.0 Å². The molecule has 1 aliphatic carbocycles. The predicted octanol–water partition coefficient (Wildman–Crippen LogP) is 4.19. The Morgan fingerprint density at radius 1 is 1.12 bits per heavy atom. The molecule has 0 aliphatic heterocycles. The molecule has 0 radical (unpaired) electrons. The fraction of sp³-hybridized carbons (Fsp3) is 0.400. The van der Waals surface area contributed by atoms with Crippen LogP contribution in [0, 0.1) is 0 Å². The van der Waals surface area contributed by atoms with Crippen LogP contribution < -0.4 is 5.73 Å². The van der Waals surface area contributed by atoms with Crippen molar-refractivity contribution in [2.45, 2.75) is 37.2 Å². The number of hydrogen-bond donors (Lipinski definition) is 2. The highest BCUT2D eigenvalue weighted by Gasteiger charge is 2.39.